The molecule has 0 saturated heterocycles. The van der Waals surface area contributed by atoms with Gasteiger partial charge in [0, 0.05) is 52.2 Å². The van der Waals surface area contributed by atoms with Crippen molar-refractivity contribution in [3.8, 4) is 11.1 Å². The van der Waals surface area contributed by atoms with Crippen LogP contribution in [0.1, 0.15) is 23.2 Å². The van der Waals surface area contributed by atoms with E-state index in [-0.39, 0.29) is 5.91 Å². The lowest BCUT2D eigenvalue weighted by atomic mass is 10.0. The van der Waals surface area contributed by atoms with Gasteiger partial charge in [0.2, 0.25) is 0 Å². The van der Waals surface area contributed by atoms with Gasteiger partial charge in [0.15, 0.2) is 0 Å². The number of benzene rings is 1. The molecule has 1 N–H and O–H groups in total. The second-order valence-corrected chi connectivity index (χ2v) is 7.09. The van der Waals surface area contributed by atoms with Crippen molar-refractivity contribution in [3.63, 3.8) is 0 Å². The van der Waals surface area contributed by atoms with E-state index in [2.05, 4.69) is 27.3 Å². The topological polar surface area (TPSA) is 48.5 Å². The summed E-state index contributed by atoms with van der Waals surface area (Å²) in [7, 11) is 7.57. The molecule has 1 amide bonds. The summed E-state index contributed by atoms with van der Waals surface area (Å²) in [5.74, 6) is 1.37. The van der Waals surface area contributed by atoms with Crippen LogP contribution in [0.3, 0.4) is 0 Å². The molecule has 0 bridgehead atoms. The van der Waals surface area contributed by atoms with E-state index in [0.717, 1.165) is 29.3 Å². The van der Waals surface area contributed by atoms with E-state index in [1.165, 1.54) is 12.8 Å². The zero-order chi connectivity index (χ0) is 18.0. The number of amides is 1. The van der Waals surface area contributed by atoms with Gasteiger partial charge in [-0.2, -0.15) is 0 Å². The Morgan fingerprint density at radius 3 is 2.56 bits per heavy atom. The molecule has 0 unspecified atom stereocenters. The van der Waals surface area contributed by atoms with E-state index in [1.807, 2.05) is 38.5 Å². The highest BCUT2D eigenvalue weighted by Crippen LogP contribution is 2.30. The first-order chi connectivity index (χ1) is 12.0. The third kappa shape index (κ3) is 4.10. The summed E-state index contributed by atoms with van der Waals surface area (Å²) in [6.45, 7) is 0.885. The van der Waals surface area contributed by atoms with E-state index in [4.69, 9.17) is 0 Å². The average molecular weight is 338 g/mol. The van der Waals surface area contributed by atoms with Gasteiger partial charge in [0.25, 0.3) is 5.91 Å². The number of hydrogen-bond donors (Lipinski definition) is 1. The van der Waals surface area contributed by atoms with Crippen LogP contribution in [-0.4, -0.2) is 50.5 Å². The van der Waals surface area contributed by atoms with Gasteiger partial charge in [0.05, 0.1) is 5.56 Å². The Labute approximate surface area is 149 Å². The maximum absolute atomic E-state index is 12.6. The van der Waals surface area contributed by atoms with Crippen molar-refractivity contribution in [2.75, 3.05) is 45.0 Å². The average Bonchev–Trinajstić information content (AvgIpc) is 3.43. The van der Waals surface area contributed by atoms with Gasteiger partial charge in [-0.15, -0.1) is 0 Å². The van der Waals surface area contributed by atoms with Gasteiger partial charge in [0.1, 0.15) is 5.82 Å². The van der Waals surface area contributed by atoms with Crippen molar-refractivity contribution in [3.05, 3.63) is 42.1 Å². The largest absolute Gasteiger partial charge is 0.378 e. The van der Waals surface area contributed by atoms with Gasteiger partial charge in [-0.05, 0) is 42.5 Å². The van der Waals surface area contributed by atoms with Gasteiger partial charge in [-0.1, -0.05) is 12.1 Å². The number of nitrogens with zero attached hydrogens (tertiary/aromatic N) is 3. The summed E-state index contributed by atoms with van der Waals surface area (Å²) in [5, 5.41) is 3.35. The molecule has 2 aromatic rings. The van der Waals surface area contributed by atoms with Crippen LogP contribution in [0.2, 0.25) is 0 Å². The molecule has 0 spiro atoms. The minimum absolute atomic E-state index is 0.0311. The Balaban J connectivity index is 1.96. The van der Waals surface area contributed by atoms with Crippen LogP contribution in [0.15, 0.2) is 36.5 Å². The highest BCUT2D eigenvalue weighted by molar-refractivity contribution is 5.99. The smallest absolute Gasteiger partial charge is 0.257 e. The SMILES string of the molecule is CN(C)C(=O)c1cc(-c2cccc(N(C)C)c2)cnc1NCC1CC1. The molecule has 0 aliphatic heterocycles. The fraction of sp³-hybridized carbons (Fsp3) is 0.400. The summed E-state index contributed by atoms with van der Waals surface area (Å²) >= 11 is 0. The Morgan fingerprint density at radius 1 is 1.16 bits per heavy atom. The molecule has 0 atom stereocenters. The van der Waals surface area contributed by atoms with Crippen LogP contribution in [0.5, 0.6) is 0 Å². The third-order valence-corrected chi connectivity index (χ3v) is 4.48. The summed E-state index contributed by atoms with van der Waals surface area (Å²) in [4.78, 5) is 20.8. The molecule has 1 aliphatic rings. The monoisotopic (exact) mass is 338 g/mol. The number of nitrogens with one attached hydrogen (secondary N) is 1. The molecule has 1 fully saturated rings. The van der Waals surface area contributed by atoms with Crippen molar-refractivity contribution in [1.29, 1.82) is 0 Å². The Bertz CT molecular complexity index is 766. The minimum Gasteiger partial charge on any atom is -0.378 e. The van der Waals surface area contributed by atoms with E-state index in [0.29, 0.717) is 11.4 Å². The molecule has 1 heterocycles. The number of aromatic nitrogens is 1. The molecular weight excluding hydrogens is 312 g/mol. The zero-order valence-electron chi connectivity index (χ0n) is 15.4. The van der Waals surface area contributed by atoms with E-state index in [1.54, 1.807) is 19.0 Å². The first-order valence-electron chi connectivity index (χ1n) is 8.69. The highest BCUT2D eigenvalue weighted by atomic mass is 16.2. The Kier molecular flexibility index (Phi) is 4.93. The molecule has 1 saturated carbocycles. The molecule has 0 radical (unpaired) electrons. The Morgan fingerprint density at radius 2 is 1.92 bits per heavy atom. The van der Waals surface area contributed by atoms with Crippen LogP contribution in [0.25, 0.3) is 11.1 Å². The van der Waals surface area contributed by atoms with Gasteiger partial charge in [-0.3, -0.25) is 4.79 Å². The lowest BCUT2D eigenvalue weighted by molar-refractivity contribution is 0.0828. The van der Waals surface area contributed by atoms with E-state index >= 15 is 0 Å². The van der Waals surface area contributed by atoms with Crippen molar-refractivity contribution in [2.45, 2.75) is 12.8 Å². The quantitative estimate of drug-likeness (QED) is 0.878. The zero-order valence-corrected chi connectivity index (χ0v) is 15.4. The number of carbonyl (C=O) groups is 1. The molecule has 1 aromatic carbocycles. The standard InChI is InChI=1S/C20H26N4O/c1-23(2)17-7-5-6-15(10-17)16-11-18(20(25)24(3)4)19(22-13-16)21-12-14-8-9-14/h5-7,10-11,13-14H,8-9,12H2,1-4H3,(H,21,22). The molecule has 1 aliphatic carbocycles. The van der Waals surface area contributed by atoms with Crippen molar-refractivity contribution >= 4 is 17.4 Å². The first-order valence-corrected chi connectivity index (χ1v) is 8.69. The van der Waals surface area contributed by atoms with Gasteiger partial charge < -0.3 is 15.1 Å². The number of pyridine rings is 1. The van der Waals surface area contributed by atoms with Crippen LogP contribution >= 0.6 is 0 Å². The van der Waals surface area contributed by atoms with Crippen molar-refractivity contribution in [2.24, 2.45) is 5.92 Å². The van der Waals surface area contributed by atoms with Gasteiger partial charge in [-0.25, -0.2) is 4.98 Å². The lowest BCUT2D eigenvalue weighted by Gasteiger charge is -2.17. The lowest BCUT2D eigenvalue weighted by Crippen LogP contribution is -2.24. The number of anilines is 2. The molecule has 1 aromatic heterocycles. The minimum atomic E-state index is -0.0311. The normalized spacial score (nSPS) is 13.4. The number of rotatable bonds is 6. The predicted molar refractivity (Wildman–Crippen MR) is 103 cm³/mol. The molecule has 132 valence electrons. The predicted octanol–water partition coefficient (Wildman–Crippen LogP) is 3.34. The summed E-state index contributed by atoms with van der Waals surface area (Å²) < 4.78 is 0. The Hall–Kier alpha value is -2.56. The maximum atomic E-state index is 12.6. The summed E-state index contributed by atoms with van der Waals surface area (Å²) in [5.41, 5.74) is 3.75. The summed E-state index contributed by atoms with van der Waals surface area (Å²) in [6.07, 6.45) is 4.37. The fourth-order valence-electron chi connectivity index (χ4n) is 2.69. The molecule has 3 rings (SSSR count). The first kappa shape index (κ1) is 17.3. The second kappa shape index (κ2) is 7.13. The third-order valence-electron chi connectivity index (χ3n) is 4.48. The fourth-order valence-corrected chi connectivity index (χ4v) is 2.69. The molecule has 25 heavy (non-hydrogen) atoms. The number of carbonyl (C=O) groups excluding carboxylic acids is 1. The molecular formula is C20H26N4O. The van der Waals surface area contributed by atoms with Crippen molar-refractivity contribution in [1.82, 2.24) is 9.88 Å². The van der Waals surface area contributed by atoms with Gasteiger partial charge >= 0.3 is 0 Å². The van der Waals surface area contributed by atoms with Crippen LogP contribution in [-0.2, 0) is 0 Å². The highest BCUT2D eigenvalue weighted by Gasteiger charge is 2.23. The van der Waals surface area contributed by atoms with E-state index < -0.39 is 0 Å². The van der Waals surface area contributed by atoms with Crippen LogP contribution < -0.4 is 10.2 Å². The molecule has 5 heteroatoms. The van der Waals surface area contributed by atoms with Crippen molar-refractivity contribution < 1.29 is 4.79 Å². The number of hydrogen-bond acceptors (Lipinski definition) is 4. The molecule has 5 nitrogen and oxygen atoms in total. The maximum Gasteiger partial charge on any atom is 0.257 e. The van der Waals surface area contributed by atoms with Crippen LogP contribution in [0.4, 0.5) is 11.5 Å². The second-order valence-electron chi connectivity index (χ2n) is 7.09. The summed E-state index contributed by atoms with van der Waals surface area (Å²) in [6, 6.07) is 10.2. The van der Waals surface area contributed by atoms with Crippen LogP contribution in [0, 0.1) is 5.92 Å². The van der Waals surface area contributed by atoms with E-state index in [9.17, 15) is 4.79 Å².